The Morgan fingerprint density at radius 1 is 1.82 bits per heavy atom. The Bertz CT molecular complexity index is 153. The number of carbonyl (C=O) groups excluding carboxylic acids is 1. The van der Waals surface area contributed by atoms with Crippen LogP contribution in [0.15, 0.2) is 0 Å². The molecule has 2 N–H and O–H groups in total. The van der Waals surface area contributed by atoms with Crippen LogP contribution in [0.2, 0.25) is 0 Å². The molecule has 1 aliphatic heterocycles. The molecule has 5 nitrogen and oxygen atoms in total. The fourth-order valence-electron chi connectivity index (χ4n) is 0.915. The minimum atomic E-state index is -1.41. The van der Waals surface area contributed by atoms with E-state index < -0.39 is 11.6 Å². The molecule has 11 heavy (non-hydrogen) atoms. The molecule has 0 radical (unpaired) electrons. The normalized spacial score (nSPS) is 31.5. The van der Waals surface area contributed by atoms with Crippen LogP contribution in [0.1, 0.15) is 6.42 Å². The van der Waals surface area contributed by atoms with E-state index in [1.54, 1.807) is 0 Å². The van der Waals surface area contributed by atoms with Gasteiger partial charge in [-0.25, -0.2) is 4.79 Å². The van der Waals surface area contributed by atoms with Crippen LogP contribution < -0.4 is 5.48 Å². The van der Waals surface area contributed by atoms with Crippen LogP contribution in [-0.2, 0) is 14.4 Å². The van der Waals surface area contributed by atoms with Gasteiger partial charge < -0.3 is 14.7 Å². The first-order chi connectivity index (χ1) is 5.19. The first-order valence-electron chi connectivity index (χ1n) is 3.34. The lowest BCUT2D eigenvalue weighted by atomic mass is 10.0. The first-order valence-corrected chi connectivity index (χ1v) is 3.34. The molecule has 1 fully saturated rings. The summed E-state index contributed by atoms with van der Waals surface area (Å²) in [5.41, 5.74) is 1.03. The highest BCUT2D eigenvalue weighted by molar-refractivity contribution is 5.79. The number of nitrogens with one attached hydrogen (secondary N) is 1. The zero-order valence-electron chi connectivity index (χ0n) is 6.29. The summed E-state index contributed by atoms with van der Waals surface area (Å²) in [5, 5.41) is 9.52. The third kappa shape index (κ3) is 1.68. The smallest absolute Gasteiger partial charge is 0.339 e. The van der Waals surface area contributed by atoms with Gasteiger partial charge in [0.05, 0.1) is 20.3 Å². The van der Waals surface area contributed by atoms with Crippen molar-refractivity contribution in [3.63, 3.8) is 0 Å². The summed E-state index contributed by atoms with van der Waals surface area (Å²) in [6.07, 6.45) is 0.271. The Balaban J connectivity index is 2.56. The van der Waals surface area contributed by atoms with Crippen molar-refractivity contribution in [2.24, 2.45) is 0 Å². The van der Waals surface area contributed by atoms with Gasteiger partial charge in [-0.3, -0.25) is 0 Å². The number of ether oxygens (including phenoxy) is 1. The van der Waals surface area contributed by atoms with Crippen molar-refractivity contribution in [3.05, 3.63) is 0 Å². The highest BCUT2D eigenvalue weighted by atomic mass is 16.6. The number of hydrogen-bond donors (Lipinski definition) is 2. The minimum Gasteiger partial charge on any atom is -0.467 e. The summed E-state index contributed by atoms with van der Waals surface area (Å²) < 4.78 is 4.41. The van der Waals surface area contributed by atoms with E-state index in [1.165, 1.54) is 7.11 Å². The molecule has 0 aromatic rings. The van der Waals surface area contributed by atoms with Crippen molar-refractivity contribution < 1.29 is 19.5 Å². The zero-order valence-corrected chi connectivity index (χ0v) is 6.29. The molecule has 0 bridgehead atoms. The maximum absolute atomic E-state index is 10.9. The number of aliphatic hydroxyl groups is 1. The van der Waals surface area contributed by atoms with Crippen LogP contribution >= 0.6 is 0 Å². The highest BCUT2D eigenvalue weighted by Gasteiger charge is 2.38. The van der Waals surface area contributed by atoms with Crippen LogP contribution in [-0.4, -0.2) is 36.9 Å². The molecule has 0 aromatic heterocycles. The largest absolute Gasteiger partial charge is 0.467 e. The van der Waals surface area contributed by atoms with Gasteiger partial charge in [0.25, 0.3) is 0 Å². The quantitative estimate of drug-likeness (QED) is 0.473. The standard InChI is InChI=1S/C6H11NO4/c1-10-5(8)6(9)2-3-11-7-4-6/h7,9H,2-4H2,1H3. The molecule has 1 unspecified atom stereocenters. The third-order valence-corrected chi connectivity index (χ3v) is 1.65. The molecule has 64 valence electrons. The number of methoxy groups -OCH3 is 1. The van der Waals surface area contributed by atoms with E-state index in [2.05, 4.69) is 10.2 Å². The van der Waals surface area contributed by atoms with E-state index in [-0.39, 0.29) is 13.0 Å². The second kappa shape index (κ2) is 3.17. The Morgan fingerprint density at radius 2 is 2.55 bits per heavy atom. The molecular formula is C6H11NO4. The van der Waals surface area contributed by atoms with E-state index in [4.69, 9.17) is 4.84 Å². The monoisotopic (exact) mass is 161 g/mol. The van der Waals surface area contributed by atoms with Gasteiger partial charge in [0, 0.05) is 6.42 Å². The Morgan fingerprint density at radius 3 is 3.00 bits per heavy atom. The van der Waals surface area contributed by atoms with Crippen LogP contribution in [0, 0.1) is 0 Å². The Kier molecular flexibility index (Phi) is 2.43. The van der Waals surface area contributed by atoms with Crippen molar-refractivity contribution in [2.75, 3.05) is 20.3 Å². The number of esters is 1. The number of carbonyl (C=O) groups is 1. The van der Waals surface area contributed by atoms with Gasteiger partial charge in [-0.05, 0) is 0 Å². The fourth-order valence-corrected chi connectivity index (χ4v) is 0.915. The van der Waals surface area contributed by atoms with E-state index in [9.17, 15) is 9.90 Å². The third-order valence-electron chi connectivity index (χ3n) is 1.65. The molecule has 1 aliphatic rings. The molecule has 5 heteroatoms. The lowest BCUT2D eigenvalue weighted by Gasteiger charge is -2.28. The predicted octanol–water partition coefficient (Wildman–Crippen LogP) is -1.18. The number of hydrogen-bond acceptors (Lipinski definition) is 5. The predicted molar refractivity (Wildman–Crippen MR) is 35.5 cm³/mol. The topological polar surface area (TPSA) is 67.8 Å². The SMILES string of the molecule is COC(=O)C1(O)CCONC1. The lowest BCUT2D eigenvalue weighted by Crippen LogP contribution is -2.52. The van der Waals surface area contributed by atoms with Gasteiger partial charge in [-0.2, -0.15) is 5.48 Å². The zero-order chi connectivity index (χ0) is 8.32. The number of rotatable bonds is 1. The summed E-state index contributed by atoms with van der Waals surface area (Å²) in [6.45, 7) is 0.394. The minimum absolute atomic E-state index is 0.0830. The Hall–Kier alpha value is -0.650. The van der Waals surface area contributed by atoms with Crippen molar-refractivity contribution in [1.82, 2.24) is 5.48 Å². The first kappa shape index (κ1) is 8.45. The summed E-state index contributed by atoms with van der Waals surface area (Å²) in [7, 11) is 1.25. The average Bonchev–Trinajstić information content (AvgIpc) is 2.04. The fraction of sp³-hybridized carbons (Fsp3) is 0.833. The van der Waals surface area contributed by atoms with Crippen molar-refractivity contribution in [1.29, 1.82) is 0 Å². The van der Waals surface area contributed by atoms with E-state index in [0.717, 1.165) is 0 Å². The van der Waals surface area contributed by atoms with Crippen LogP contribution in [0.4, 0.5) is 0 Å². The lowest BCUT2D eigenvalue weighted by molar-refractivity contribution is -0.175. The summed E-state index contributed by atoms with van der Waals surface area (Å²) in [4.78, 5) is 15.7. The van der Waals surface area contributed by atoms with E-state index in [0.29, 0.717) is 6.61 Å². The molecule has 1 atom stereocenters. The molecule has 0 saturated carbocycles. The summed E-state index contributed by atoms with van der Waals surface area (Å²) >= 11 is 0. The molecule has 0 amide bonds. The van der Waals surface area contributed by atoms with Gasteiger partial charge in [0.1, 0.15) is 0 Å². The molecule has 0 aliphatic carbocycles. The molecule has 0 spiro atoms. The van der Waals surface area contributed by atoms with Crippen molar-refractivity contribution in [3.8, 4) is 0 Å². The number of β-amino-alcohol motifs (C(OH)–C–C–N with tert-alkyl or cyclic N) is 1. The van der Waals surface area contributed by atoms with Crippen molar-refractivity contribution in [2.45, 2.75) is 12.0 Å². The maximum atomic E-state index is 10.9. The Labute approximate surface area is 64.2 Å². The molecule has 1 heterocycles. The average molecular weight is 161 g/mol. The number of hydroxylamine groups is 1. The molecule has 0 aromatic carbocycles. The van der Waals surface area contributed by atoms with Gasteiger partial charge in [-0.1, -0.05) is 0 Å². The molecular weight excluding hydrogens is 150 g/mol. The van der Waals surface area contributed by atoms with E-state index in [1.807, 2.05) is 0 Å². The van der Waals surface area contributed by atoms with Crippen LogP contribution in [0.5, 0.6) is 0 Å². The second-order valence-electron chi connectivity index (χ2n) is 2.44. The molecule has 1 rings (SSSR count). The van der Waals surface area contributed by atoms with Crippen molar-refractivity contribution >= 4 is 5.97 Å². The van der Waals surface area contributed by atoms with E-state index >= 15 is 0 Å². The van der Waals surface area contributed by atoms with Gasteiger partial charge >= 0.3 is 5.97 Å². The summed E-state index contributed by atoms with van der Waals surface area (Å²) in [5.74, 6) is -0.617. The van der Waals surface area contributed by atoms with Gasteiger partial charge in [0.15, 0.2) is 5.60 Å². The maximum Gasteiger partial charge on any atom is 0.339 e. The second-order valence-corrected chi connectivity index (χ2v) is 2.44. The van der Waals surface area contributed by atoms with Crippen LogP contribution in [0.25, 0.3) is 0 Å². The van der Waals surface area contributed by atoms with Crippen LogP contribution in [0.3, 0.4) is 0 Å². The van der Waals surface area contributed by atoms with Gasteiger partial charge in [0.2, 0.25) is 0 Å². The highest BCUT2D eigenvalue weighted by Crippen LogP contribution is 2.14. The van der Waals surface area contributed by atoms with Gasteiger partial charge in [-0.15, -0.1) is 0 Å². The molecule has 1 saturated heterocycles. The summed E-state index contributed by atoms with van der Waals surface area (Å²) in [6, 6.07) is 0.